The van der Waals surface area contributed by atoms with E-state index in [4.69, 9.17) is 0 Å². The lowest BCUT2D eigenvalue weighted by Crippen LogP contribution is -2.15. The van der Waals surface area contributed by atoms with Crippen molar-refractivity contribution in [2.45, 2.75) is 19.8 Å². The maximum absolute atomic E-state index is 11.6. The van der Waals surface area contributed by atoms with E-state index in [9.17, 15) is 9.59 Å². The maximum Gasteiger partial charge on any atom is 0.354 e. The molecule has 0 aliphatic rings. The molecule has 0 bridgehead atoms. The van der Waals surface area contributed by atoms with Crippen molar-refractivity contribution < 1.29 is 19.1 Å². The molecule has 0 unspecified atom stereocenters. The maximum atomic E-state index is 11.6. The Labute approximate surface area is 118 Å². The van der Waals surface area contributed by atoms with Crippen LogP contribution in [-0.4, -0.2) is 26.2 Å². The third kappa shape index (κ3) is 4.42. The zero-order valence-electron chi connectivity index (χ0n) is 12.1. The summed E-state index contributed by atoms with van der Waals surface area (Å²) in [6.07, 6.45) is 1.06. The Morgan fingerprint density at radius 1 is 1.10 bits per heavy atom. The average molecular weight is 277 g/mol. The van der Waals surface area contributed by atoms with E-state index in [1.54, 1.807) is 0 Å². The number of rotatable bonds is 5. The van der Waals surface area contributed by atoms with Crippen LogP contribution in [0.25, 0.3) is 0 Å². The van der Waals surface area contributed by atoms with Crippen LogP contribution in [0.3, 0.4) is 0 Å². The molecule has 0 radical (unpaired) electrons. The molecule has 5 heteroatoms. The Morgan fingerprint density at radius 2 is 1.70 bits per heavy atom. The standard InChI is InChI=1S/C15H19NO4/c1-10(2)11-5-7-12(8-6-11)16-13(15(18)20-4)9-14(17)19-3/h5-10,16H,1-4H3/b13-9+. The summed E-state index contributed by atoms with van der Waals surface area (Å²) in [6, 6.07) is 7.59. The fourth-order valence-electron chi connectivity index (χ4n) is 1.54. The van der Waals surface area contributed by atoms with Gasteiger partial charge in [0.05, 0.1) is 20.3 Å². The summed E-state index contributed by atoms with van der Waals surface area (Å²) in [5.74, 6) is -0.838. The smallest absolute Gasteiger partial charge is 0.354 e. The largest absolute Gasteiger partial charge is 0.466 e. The highest BCUT2D eigenvalue weighted by Gasteiger charge is 2.12. The van der Waals surface area contributed by atoms with E-state index in [0.717, 1.165) is 6.08 Å². The quantitative estimate of drug-likeness (QED) is 0.661. The zero-order chi connectivity index (χ0) is 15.1. The summed E-state index contributed by atoms with van der Waals surface area (Å²) in [5, 5.41) is 2.85. The molecule has 0 heterocycles. The first kappa shape index (κ1) is 15.8. The zero-order valence-corrected chi connectivity index (χ0v) is 12.1. The fourth-order valence-corrected chi connectivity index (χ4v) is 1.54. The van der Waals surface area contributed by atoms with Crippen LogP contribution in [0.5, 0.6) is 0 Å². The molecule has 0 spiro atoms. The van der Waals surface area contributed by atoms with Crippen LogP contribution >= 0.6 is 0 Å². The molecule has 0 saturated heterocycles. The Hall–Kier alpha value is -2.30. The average Bonchev–Trinajstić information content (AvgIpc) is 2.46. The van der Waals surface area contributed by atoms with Crippen molar-refractivity contribution in [1.29, 1.82) is 0 Å². The minimum atomic E-state index is -0.636. The van der Waals surface area contributed by atoms with Gasteiger partial charge in [0.2, 0.25) is 0 Å². The summed E-state index contributed by atoms with van der Waals surface area (Å²) in [5.41, 5.74) is 1.90. The third-order valence-corrected chi connectivity index (χ3v) is 2.73. The lowest BCUT2D eigenvalue weighted by Gasteiger charge is -2.10. The van der Waals surface area contributed by atoms with Crippen molar-refractivity contribution in [3.8, 4) is 0 Å². The van der Waals surface area contributed by atoms with Crippen molar-refractivity contribution in [3.63, 3.8) is 0 Å². The Kier molecular flexibility index (Phi) is 5.77. The summed E-state index contributed by atoms with van der Waals surface area (Å²) in [7, 11) is 2.49. The molecule has 0 aliphatic carbocycles. The number of carbonyl (C=O) groups is 2. The van der Waals surface area contributed by atoms with Gasteiger partial charge < -0.3 is 14.8 Å². The van der Waals surface area contributed by atoms with E-state index >= 15 is 0 Å². The van der Waals surface area contributed by atoms with Gasteiger partial charge in [-0.05, 0) is 23.6 Å². The van der Waals surface area contributed by atoms with E-state index in [1.807, 2.05) is 24.3 Å². The summed E-state index contributed by atoms with van der Waals surface area (Å²) in [6.45, 7) is 4.19. The van der Waals surface area contributed by atoms with Crippen LogP contribution in [0.2, 0.25) is 0 Å². The molecular formula is C15H19NO4. The highest BCUT2D eigenvalue weighted by Crippen LogP contribution is 2.18. The number of nitrogens with one attached hydrogen (secondary N) is 1. The van der Waals surface area contributed by atoms with E-state index in [1.165, 1.54) is 19.8 Å². The number of hydrogen-bond acceptors (Lipinski definition) is 5. The van der Waals surface area contributed by atoms with Crippen LogP contribution in [0.1, 0.15) is 25.3 Å². The van der Waals surface area contributed by atoms with E-state index in [0.29, 0.717) is 11.6 Å². The van der Waals surface area contributed by atoms with E-state index in [2.05, 4.69) is 28.6 Å². The van der Waals surface area contributed by atoms with Crippen molar-refractivity contribution >= 4 is 17.6 Å². The second kappa shape index (κ2) is 7.33. The normalized spacial score (nSPS) is 11.2. The van der Waals surface area contributed by atoms with Gasteiger partial charge >= 0.3 is 11.9 Å². The Morgan fingerprint density at radius 3 is 2.15 bits per heavy atom. The Bertz CT molecular complexity index is 503. The second-order valence-corrected chi connectivity index (χ2v) is 4.47. The molecule has 0 amide bonds. The van der Waals surface area contributed by atoms with Gasteiger partial charge in [0.1, 0.15) is 5.70 Å². The van der Waals surface area contributed by atoms with Gasteiger partial charge in [0.15, 0.2) is 0 Å². The van der Waals surface area contributed by atoms with E-state index < -0.39 is 11.9 Å². The first-order valence-corrected chi connectivity index (χ1v) is 6.23. The predicted molar refractivity (Wildman–Crippen MR) is 76.3 cm³/mol. The fraction of sp³-hybridized carbons (Fsp3) is 0.333. The molecule has 0 saturated carbocycles. The van der Waals surface area contributed by atoms with Crippen LogP contribution in [0.15, 0.2) is 36.0 Å². The monoisotopic (exact) mass is 277 g/mol. The van der Waals surface area contributed by atoms with Gasteiger partial charge in [-0.3, -0.25) is 0 Å². The highest BCUT2D eigenvalue weighted by molar-refractivity contribution is 5.98. The molecule has 0 fully saturated rings. The minimum absolute atomic E-state index is 0.0247. The minimum Gasteiger partial charge on any atom is -0.466 e. The van der Waals surface area contributed by atoms with Gasteiger partial charge in [-0.25, -0.2) is 9.59 Å². The van der Waals surface area contributed by atoms with Crippen LogP contribution in [0, 0.1) is 0 Å². The van der Waals surface area contributed by atoms with Crippen LogP contribution in [-0.2, 0) is 19.1 Å². The van der Waals surface area contributed by atoms with Crippen LogP contribution in [0.4, 0.5) is 5.69 Å². The molecular weight excluding hydrogens is 258 g/mol. The van der Waals surface area contributed by atoms with Gasteiger partial charge in [-0.1, -0.05) is 26.0 Å². The van der Waals surface area contributed by atoms with Gasteiger partial charge in [0, 0.05) is 5.69 Å². The number of esters is 2. The first-order valence-electron chi connectivity index (χ1n) is 6.23. The lowest BCUT2D eigenvalue weighted by molar-refractivity contribution is -0.138. The molecule has 20 heavy (non-hydrogen) atoms. The number of ether oxygens (including phenoxy) is 2. The number of anilines is 1. The molecule has 1 aromatic carbocycles. The number of carbonyl (C=O) groups excluding carboxylic acids is 2. The molecule has 5 nitrogen and oxygen atoms in total. The van der Waals surface area contributed by atoms with Crippen molar-refractivity contribution in [3.05, 3.63) is 41.6 Å². The molecule has 1 rings (SSSR count). The summed E-state index contributed by atoms with van der Waals surface area (Å²) < 4.78 is 9.11. The molecule has 0 atom stereocenters. The molecule has 1 aromatic rings. The predicted octanol–water partition coefficient (Wildman–Crippen LogP) is 2.45. The number of methoxy groups -OCH3 is 2. The number of hydrogen-bond donors (Lipinski definition) is 1. The van der Waals surface area contributed by atoms with Crippen LogP contribution < -0.4 is 5.32 Å². The number of benzene rings is 1. The molecule has 0 aromatic heterocycles. The Balaban J connectivity index is 2.92. The third-order valence-electron chi connectivity index (χ3n) is 2.73. The van der Waals surface area contributed by atoms with Crippen molar-refractivity contribution in [2.75, 3.05) is 19.5 Å². The summed E-state index contributed by atoms with van der Waals surface area (Å²) in [4.78, 5) is 22.8. The van der Waals surface area contributed by atoms with Gasteiger partial charge in [-0.15, -0.1) is 0 Å². The highest BCUT2D eigenvalue weighted by atomic mass is 16.5. The topological polar surface area (TPSA) is 64.6 Å². The van der Waals surface area contributed by atoms with Gasteiger partial charge in [-0.2, -0.15) is 0 Å². The molecule has 0 aliphatic heterocycles. The molecule has 1 N–H and O–H groups in total. The van der Waals surface area contributed by atoms with Crippen molar-refractivity contribution in [2.24, 2.45) is 0 Å². The molecule has 108 valence electrons. The summed E-state index contributed by atoms with van der Waals surface area (Å²) >= 11 is 0. The van der Waals surface area contributed by atoms with Crippen molar-refractivity contribution in [1.82, 2.24) is 0 Å². The SMILES string of the molecule is COC(=O)/C=C(/Nc1ccc(C(C)C)cc1)C(=O)OC. The van der Waals surface area contributed by atoms with Gasteiger partial charge in [0.25, 0.3) is 0 Å². The second-order valence-electron chi connectivity index (χ2n) is 4.47. The lowest BCUT2D eigenvalue weighted by atomic mass is 10.0. The van der Waals surface area contributed by atoms with E-state index in [-0.39, 0.29) is 5.70 Å². The first-order chi connectivity index (χ1) is 9.47.